The first kappa shape index (κ1) is 12.4. The molecule has 2 atom stereocenters. The second kappa shape index (κ2) is 6.00. The summed E-state index contributed by atoms with van der Waals surface area (Å²) in [6, 6.07) is 6.91. The number of aliphatic hydroxyl groups excluding tert-OH is 2. The summed E-state index contributed by atoms with van der Waals surface area (Å²) in [5, 5.41) is 21.5. The fourth-order valence-corrected chi connectivity index (χ4v) is 1.49. The SMILES string of the molecule is OC(CS)C(O)c1ccccc1N=C=S. The Hall–Kier alpha value is -0.710. The van der Waals surface area contributed by atoms with Crippen molar-refractivity contribution in [3.05, 3.63) is 29.8 Å². The quantitative estimate of drug-likeness (QED) is 0.427. The number of para-hydroxylation sites is 1. The lowest BCUT2D eigenvalue weighted by molar-refractivity contribution is 0.0341. The largest absolute Gasteiger partial charge is 0.389 e. The number of nitrogens with zero attached hydrogens (tertiary/aromatic N) is 1. The van der Waals surface area contributed by atoms with E-state index in [2.05, 4.69) is 35.0 Å². The molecule has 15 heavy (non-hydrogen) atoms. The predicted octanol–water partition coefficient (Wildman–Crippen LogP) is 1.75. The van der Waals surface area contributed by atoms with E-state index in [4.69, 9.17) is 0 Å². The number of rotatable bonds is 4. The van der Waals surface area contributed by atoms with E-state index >= 15 is 0 Å². The summed E-state index contributed by atoms with van der Waals surface area (Å²) in [5.41, 5.74) is 1.04. The summed E-state index contributed by atoms with van der Waals surface area (Å²) in [6.07, 6.45) is -1.93. The highest BCUT2D eigenvalue weighted by atomic mass is 32.1. The third kappa shape index (κ3) is 3.12. The standard InChI is InChI=1S/C10H11NO2S2/c12-9(5-14)10(13)7-3-1-2-4-8(7)11-6-15/h1-4,9-10,12-14H,5H2. The average Bonchev–Trinajstić information content (AvgIpc) is 2.28. The van der Waals surface area contributed by atoms with Crippen LogP contribution < -0.4 is 0 Å². The number of thiol groups is 1. The highest BCUT2D eigenvalue weighted by molar-refractivity contribution is 7.80. The Bertz CT molecular complexity index is 377. The molecule has 3 nitrogen and oxygen atoms in total. The van der Waals surface area contributed by atoms with Crippen molar-refractivity contribution in [1.82, 2.24) is 0 Å². The molecule has 0 saturated heterocycles. The van der Waals surface area contributed by atoms with Gasteiger partial charge in [-0.2, -0.15) is 17.6 Å². The molecule has 2 unspecified atom stereocenters. The van der Waals surface area contributed by atoms with Crippen molar-refractivity contribution in [2.75, 3.05) is 5.75 Å². The van der Waals surface area contributed by atoms with Crippen molar-refractivity contribution < 1.29 is 10.2 Å². The normalized spacial score (nSPS) is 14.1. The molecule has 1 aromatic rings. The molecule has 0 saturated carbocycles. The average molecular weight is 241 g/mol. The Kier molecular flexibility index (Phi) is 4.94. The van der Waals surface area contributed by atoms with Crippen molar-refractivity contribution in [2.45, 2.75) is 12.2 Å². The van der Waals surface area contributed by atoms with Gasteiger partial charge in [0.15, 0.2) is 0 Å². The Balaban J connectivity index is 3.07. The van der Waals surface area contributed by atoms with Crippen molar-refractivity contribution in [3.8, 4) is 0 Å². The van der Waals surface area contributed by atoms with E-state index in [1.807, 2.05) is 0 Å². The van der Waals surface area contributed by atoms with Gasteiger partial charge in [0.1, 0.15) is 6.10 Å². The molecule has 0 aromatic heterocycles. The second-order valence-corrected chi connectivity index (χ2v) is 3.50. The summed E-state index contributed by atoms with van der Waals surface area (Å²) in [5.74, 6) is 0.177. The minimum Gasteiger partial charge on any atom is -0.389 e. The van der Waals surface area contributed by atoms with Gasteiger partial charge in [0.05, 0.1) is 17.0 Å². The number of aliphatic imine (C=N–C) groups is 1. The zero-order valence-corrected chi connectivity index (χ0v) is 9.58. The van der Waals surface area contributed by atoms with Crippen LogP contribution >= 0.6 is 24.8 Å². The van der Waals surface area contributed by atoms with E-state index in [9.17, 15) is 10.2 Å². The number of benzene rings is 1. The highest BCUT2D eigenvalue weighted by Gasteiger charge is 2.19. The first-order chi connectivity index (χ1) is 7.20. The minimum atomic E-state index is -1.01. The topological polar surface area (TPSA) is 52.8 Å². The maximum atomic E-state index is 9.78. The van der Waals surface area contributed by atoms with Crippen LogP contribution in [0.15, 0.2) is 29.3 Å². The molecule has 0 fully saturated rings. The van der Waals surface area contributed by atoms with Crippen LogP contribution in [0.25, 0.3) is 0 Å². The Morgan fingerprint density at radius 2 is 2.07 bits per heavy atom. The molecule has 0 aliphatic heterocycles. The molecule has 0 amide bonds. The van der Waals surface area contributed by atoms with Crippen LogP contribution in [-0.2, 0) is 0 Å². The first-order valence-electron chi connectivity index (χ1n) is 4.34. The molecule has 0 heterocycles. The molecule has 2 N–H and O–H groups in total. The van der Waals surface area contributed by atoms with Crippen LogP contribution in [0.4, 0.5) is 5.69 Å². The second-order valence-electron chi connectivity index (χ2n) is 2.96. The van der Waals surface area contributed by atoms with E-state index in [0.717, 1.165) is 0 Å². The minimum absolute atomic E-state index is 0.177. The molecular weight excluding hydrogens is 230 g/mol. The van der Waals surface area contributed by atoms with Gasteiger partial charge in [-0.15, -0.1) is 0 Å². The monoisotopic (exact) mass is 241 g/mol. The molecule has 0 aliphatic carbocycles. The molecule has 5 heteroatoms. The van der Waals surface area contributed by atoms with Gasteiger partial charge in [-0.1, -0.05) is 18.2 Å². The zero-order valence-electron chi connectivity index (χ0n) is 7.87. The maximum absolute atomic E-state index is 9.78. The van der Waals surface area contributed by atoms with Crippen LogP contribution in [-0.4, -0.2) is 27.2 Å². The first-order valence-corrected chi connectivity index (χ1v) is 5.38. The van der Waals surface area contributed by atoms with Gasteiger partial charge >= 0.3 is 0 Å². The van der Waals surface area contributed by atoms with E-state index in [1.54, 1.807) is 24.3 Å². The van der Waals surface area contributed by atoms with Gasteiger partial charge in [0.2, 0.25) is 0 Å². The van der Waals surface area contributed by atoms with E-state index < -0.39 is 12.2 Å². The molecule has 1 aromatic carbocycles. The molecule has 0 spiro atoms. The Morgan fingerprint density at radius 3 is 2.67 bits per heavy atom. The van der Waals surface area contributed by atoms with Gasteiger partial charge < -0.3 is 10.2 Å². The number of aliphatic hydroxyl groups is 2. The predicted molar refractivity (Wildman–Crippen MR) is 65.9 cm³/mol. The fourth-order valence-electron chi connectivity index (χ4n) is 1.20. The smallest absolute Gasteiger partial charge is 0.108 e. The fraction of sp³-hybridized carbons (Fsp3) is 0.300. The lowest BCUT2D eigenvalue weighted by Crippen LogP contribution is -2.19. The maximum Gasteiger partial charge on any atom is 0.108 e. The third-order valence-electron chi connectivity index (χ3n) is 1.97. The number of isothiocyanates is 1. The van der Waals surface area contributed by atoms with E-state index in [1.165, 1.54) is 0 Å². The molecule has 1 rings (SSSR count). The van der Waals surface area contributed by atoms with Crippen LogP contribution in [0.3, 0.4) is 0 Å². The molecule has 0 radical (unpaired) electrons. The van der Waals surface area contributed by atoms with Gasteiger partial charge in [-0.25, -0.2) is 0 Å². The van der Waals surface area contributed by atoms with Crippen molar-refractivity contribution in [1.29, 1.82) is 0 Å². The number of hydrogen-bond donors (Lipinski definition) is 3. The van der Waals surface area contributed by atoms with Crippen molar-refractivity contribution in [3.63, 3.8) is 0 Å². The summed E-state index contributed by atoms with van der Waals surface area (Å²) in [7, 11) is 0. The molecule has 0 aliphatic rings. The summed E-state index contributed by atoms with van der Waals surface area (Å²) >= 11 is 8.41. The third-order valence-corrected chi connectivity index (χ3v) is 2.44. The van der Waals surface area contributed by atoms with Gasteiger partial charge in [-0.3, -0.25) is 0 Å². The lowest BCUT2D eigenvalue weighted by Gasteiger charge is -2.17. The van der Waals surface area contributed by atoms with Crippen LogP contribution in [0.2, 0.25) is 0 Å². The Labute approximate surface area is 98.9 Å². The summed E-state index contributed by atoms with van der Waals surface area (Å²) < 4.78 is 0. The molecule has 80 valence electrons. The van der Waals surface area contributed by atoms with Crippen LogP contribution in [0.5, 0.6) is 0 Å². The van der Waals surface area contributed by atoms with Gasteiger partial charge in [0, 0.05) is 11.3 Å². The molecular formula is C10H11NO2S2. The van der Waals surface area contributed by atoms with Crippen LogP contribution in [0, 0.1) is 0 Å². The van der Waals surface area contributed by atoms with Crippen molar-refractivity contribution in [2.24, 2.45) is 4.99 Å². The van der Waals surface area contributed by atoms with Crippen LogP contribution in [0.1, 0.15) is 11.7 Å². The highest BCUT2D eigenvalue weighted by Crippen LogP contribution is 2.27. The Morgan fingerprint density at radius 1 is 1.40 bits per heavy atom. The van der Waals surface area contributed by atoms with Crippen molar-refractivity contribution >= 4 is 35.7 Å². The number of thiocarbonyl (C=S) groups is 1. The summed E-state index contributed by atoms with van der Waals surface area (Å²) in [6.45, 7) is 0. The summed E-state index contributed by atoms with van der Waals surface area (Å²) in [4.78, 5) is 3.81. The van der Waals surface area contributed by atoms with E-state index in [0.29, 0.717) is 11.3 Å². The van der Waals surface area contributed by atoms with Gasteiger partial charge in [-0.05, 0) is 18.3 Å². The lowest BCUT2D eigenvalue weighted by atomic mass is 10.0. The van der Waals surface area contributed by atoms with Gasteiger partial charge in [0.25, 0.3) is 0 Å². The van der Waals surface area contributed by atoms with E-state index in [-0.39, 0.29) is 5.75 Å². The molecule has 0 bridgehead atoms. The zero-order chi connectivity index (χ0) is 11.3. The number of hydrogen-bond acceptors (Lipinski definition) is 5.